The number of hydrogen-bond donors (Lipinski definition) is 1. The number of hydrogen-bond acceptors (Lipinski definition) is 3. The van der Waals surface area contributed by atoms with E-state index in [4.69, 9.17) is 0 Å². The van der Waals surface area contributed by atoms with Crippen molar-refractivity contribution in [2.75, 3.05) is 26.2 Å². The Morgan fingerprint density at radius 1 is 1.16 bits per heavy atom. The number of urea groups is 1. The van der Waals surface area contributed by atoms with E-state index >= 15 is 0 Å². The average Bonchev–Trinajstić information content (AvgIpc) is 3.42. The molecule has 1 aromatic carbocycles. The second kappa shape index (κ2) is 6.96. The Morgan fingerprint density at radius 3 is 2.40 bits per heavy atom. The molecule has 2 aliphatic rings. The number of sulfonamides is 1. The van der Waals surface area contributed by atoms with Gasteiger partial charge in [-0.3, -0.25) is 0 Å². The number of nitrogens with one attached hydrogen (secondary N) is 1. The number of carbonyl (C=O) groups is 1. The highest BCUT2D eigenvalue weighted by atomic mass is 32.2. The average molecular weight is 365 g/mol. The highest BCUT2D eigenvalue weighted by Crippen LogP contribution is 2.32. The summed E-state index contributed by atoms with van der Waals surface area (Å²) in [7, 11) is -3.52. The molecule has 1 saturated heterocycles. The van der Waals surface area contributed by atoms with Gasteiger partial charge in [-0.2, -0.15) is 4.31 Å². The lowest BCUT2D eigenvalue weighted by atomic mass is 10.2. The Kier molecular flexibility index (Phi) is 5.06. The Morgan fingerprint density at radius 2 is 1.80 bits per heavy atom. The van der Waals surface area contributed by atoms with E-state index in [9.17, 15) is 13.2 Å². The second-order valence-corrected chi connectivity index (χ2v) is 9.14. The number of benzene rings is 1. The van der Waals surface area contributed by atoms with Crippen LogP contribution in [-0.4, -0.2) is 55.9 Å². The topological polar surface area (TPSA) is 69.7 Å². The minimum Gasteiger partial charge on any atom is -0.335 e. The number of carbonyl (C=O) groups excluding carboxylic acids is 1. The van der Waals surface area contributed by atoms with Crippen LogP contribution >= 0.6 is 0 Å². The van der Waals surface area contributed by atoms with Crippen LogP contribution in [0.3, 0.4) is 0 Å². The van der Waals surface area contributed by atoms with E-state index in [1.54, 1.807) is 11.0 Å². The van der Waals surface area contributed by atoms with E-state index in [0.717, 1.165) is 11.1 Å². The van der Waals surface area contributed by atoms with Gasteiger partial charge >= 0.3 is 6.03 Å². The molecular formula is C18H27N3O3S. The SMILES string of the molecule is Cc1ccc(C)c(S(=O)(=O)N2CCN(C(=O)N[C@H](C)C3CC3)CC2)c1. The minimum absolute atomic E-state index is 0.0804. The minimum atomic E-state index is -3.52. The molecule has 138 valence electrons. The molecule has 1 aliphatic carbocycles. The van der Waals surface area contributed by atoms with Crippen molar-refractivity contribution in [3.63, 3.8) is 0 Å². The zero-order chi connectivity index (χ0) is 18.2. The Labute approximate surface area is 150 Å². The van der Waals surface area contributed by atoms with Crippen LogP contribution in [0.1, 0.15) is 30.9 Å². The third-order valence-electron chi connectivity index (χ3n) is 5.17. The van der Waals surface area contributed by atoms with Gasteiger partial charge in [0.2, 0.25) is 10.0 Å². The molecule has 1 N–H and O–H groups in total. The molecule has 1 aliphatic heterocycles. The summed E-state index contributed by atoms with van der Waals surface area (Å²) in [5.74, 6) is 0.606. The van der Waals surface area contributed by atoms with Gasteiger partial charge in [0.1, 0.15) is 0 Å². The first-order valence-electron chi connectivity index (χ1n) is 8.92. The van der Waals surface area contributed by atoms with Gasteiger partial charge in [-0.25, -0.2) is 13.2 Å². The smallest absolute Gasteiger partial charge is 0.317 e. The maximum Gasteiger partial charge on any atom is 0.317 e. The molecule has 0 aromatic heterocycles. The molecule has 0 bridgehead atoms. The third-order valence-corrected chi connectivity index (χ3v) is 7.21. The normalized spacial score (nSPS) is 20.4. The van der Waals surface area contributed by atoms with Crippen LogP contribution in [0.15, 0.2) is 23.1 Å². The summed E-state index contributed by atoms with van der Waals surface area (Å²) in [6.45, 7) is 7.26. The summed E-state index contributed by atoms with van der Waals surface area (Å²) in [6, 6.07) is 5.59. The Bertz CT molecular complexity index is 751. The molecule has 2 fully saturated rings. The summed E-state index contributed by atoms with van der Waals surface area (Å²) < 4.78 is 27.3. The van der Waals surface area contributed by atoms with E-state index in [-0.39, 0.29) is 12.1 Å². The number of nitrogens with zero attached hydrogens (tertiary/aromatic N) is 2. The van der Waals surface area contributed by atoms with Crippen LogP contribution in [-0.2, 0) is 10.0 Å². The number of aryl methyl sites for hydroxylation is 2. The molecule has 25 heavy (non-hydrogen) atoms. The van der Waals surface area contributed by atoms with Gasteiger partial charge < -0.3 is 10.2 Å². The van der Waals surface area contributed by atoms with Crippen molar-refractivity contribution in [3.8, 4) is 0 Å². The summed E-state index contributed by atoms with van der Waals surface area (Å²) in [6.07, 6.45) is 2.37. The van der Waals surface area contributed by atoms with Crippen molar-refractivity contribution in [1.29, 1.82) is 0 Å². The second-order valence-electron chi connectivity index (χ2n) is 7.24. The predicted molar refractivity (Wildman–Crippen MR) is 97.0 cm³/mol. The van der Waals surface area contributed by atoms with Gasteiger partial charge in [0.15, 0.2) is 0 Å². The fourth-order valence-electron chi connectivity index (χ4n) is 3.26. The summed E-state index contributed by atoms with van der Waals surface area (Å²) in [5, 5.41) is 3.03. The molecule has 1 atom stereocenters. The van der Waals surface area contributed by atoms with Gasteiger partial charge in [-0.05, 0) is 56.7 Å². The van der Waals surface area contributed by atoms with Crippen molar-refractivity contribution in [1.82, 2.24) is 14.5 Å². The van der Waals surface area contributed by atoms with E-state index in [1.807, 2.05) is 32.9 Å². The highest BCUT2D eigenvalue weighted by molar-refractivity contribution is 7.89. The molecule has 2 amide bonds. The van der Waals surface area contributed by atoms with Crippen LogP contribution in [0.2, 0.25) is 0 Å². The molecule has 3 rings (SSSR count). The van der Waals surface area contributed by atoms with Crippen LogP contribution in [0.5, 0.6) is 0 Å². The van der Waals surface area contributed by atoms with E-state index in [1.165, 1.54) is 17.1 Å². The van der Waals surface area contributed by atoms with Crippen LogP contribution in [0.25, 0.3) is 0 Å². The molecule has 7 heteroatoms. The molecule has 1 aromatic rings. The zero-order valence-corrected chi connectivity index (χ0v) is 16.0. The lowest BCUT2D eigenvalue weighted by Crippen LogP contribution is -2.54. The fourth-order valence-corrected chi connectivity index (χ4v) is 4.99. The van der Waals surface area contributed by atoms with Crippen molar-refractivity contribution in [3.05, 3.63) is 29.3 Å². The van der Waals surface area contributed by atoms with E-state index in [2.05, 4.69) is 5.32 Å². The quantitative estimate of drug-likeness (QED) is 0.888. The van der Waals surface area contributed by atoms with Crippen LogP contribution in [0.4, 0.5) is 4.79 Å². The molecule has 1 saturated carbocycles. The monoisotopic (exact) mass is 365 g/mol. The Balaban J connectivity index is 1.63. The summed E-state index contributed by atoms with van der Waals surface area (Å²) in [4.78, 5) is 14.4. The first kappa shape index (κ1) is 18.2. The largest absolute Gasteiger partial charge is 0.335 e. The number of rotatable bonds is 4. The van der Waals surface area contributed by atoms with Crippen molar-refractivity contribution < 1.29 is 13.2 Å². The molecule has 1 heterocycles. The molecule has 0 radical (unpaired) electrons. The first-order chi connectivity index (χ1) is 11.8. The lowest BCUT2D eigenvalue weighted by molar-refractivity contribution is 0.168. The molecule has 0 unspecified atom stereocenters. The van der Waals surface area contributed by atoms with Crippen molar-refractivity contribution >= 4 is 16.1 Å². The van der Waals surface area contributed by atoms with Gasteiger partial charge in [-0.15, -0.1) is 0 Å². The standard InChI is InChI=1S/C18H27N3O3S/c1-13-4-5-14(2)17(12-13)25(23,24)21-10-8-20(9-11-21)18(22)19-15(3)16-6-7-16/h4-5,12,15-16H,6-11H2,1-3H3,(H,19,22)/t15-/m1/s1. The summed E-state index contributed by atoms with van der Waals surface area (Å²) >= 11 is 0. The first-order valence-corrected chi connectivity index (χ1v) is 10.4. The fraction of sp³-hybridized carbons (Fsp3) is 0.611. The van der Waals surface area contributed by atoms with E-state index < -0.39 is 10.0 Å². The lowest BCUT2D eigenvalue weighted by Gasteiger charge is -2.34. The molecule has 6 nitrogen and oxygen atoms in total. The molecular weight excluding hydrogens is 338 g/mol. The van der Waals surface area contributed by atoms with E-state index in [0.29, 0.717) is 37.0 Å². The van der Waals surface area contributed by atoms with Crippen molar-refractivity contribution in [2.24, 2.45) is 5.92 Å². The summed E-state index contributed by atoms with van der Waals surface area (Å²) in [5.41, 5.74) is 1.68. The highest BCUT2D eigenvalue weighted by Gasteiger charge is 2.33. The van der Waals surface area contributed by atoms with Crippen LogP contribution in [0, 0.1) is 19.8 Å². The van der Waals surface area contributed by atoms with Gasteiger partial charge in [0.05, 0.1) is 4.90 Å². The van der Waals surface area contributed by atoms with Gasteiger partial charge in [-0.1, -0.05) is 12.1 Å². The van der Waals surface area contributed by atoms with Crippen molar-refractivity contribution in [2.45, 2.75) is 44.6 Å². The maximum absolute atomic E-state index is 12.9. The number of amides is 2. The predicted octanol–water partition coefficient (Wildman–Crippen LogP) is 2.12. The van der Waals surface area contributed by atoms with Gasteiger partial charge in [0, 0.05) is 32.2 Å². The molecule has 0 spiro atoms. The van der Waals surface area contributed by atoms with Gasteiger partial charge in [0.25, 0.3) is 0 Å². The Hall–Kier alpha value is -1.60. The zero-order valence-electron chi connectivity index (χ0n) is 15.2. The van der Waals surface area contributed by atoms with Crippen LogP contribution < -0.4 is 5.32 Å². The maximum atomic E-state index is 12.9. The number of piperazine rings is 1. The third kappa shape index (κ3) is 3.98.